The second-order valence-electron chi connectivity index (χ2n) is 6.52. The van der Waals surface area contributed by atoms with Crippen LogP contribution in [0.4, 0.5) is 17.5 Å². The standard InChI is InChI=1S/C18H20ClN5/c1-11-7-16(20-9-15(11)19)22-17-8-12-5-6-24(2)10-14(12)18(23-17)21-13-3-4-13/h5-9,13H,3-4,10H2,1-2H3,(H2,20,21,22,23). The van der Waals surface area contributed by atoms with Crippen LogP contribution in [-0.2, 0) is 6.54 Å². The number of nitrogens with one attached hydrogen (secondary N) is 2. The normalized spacial score (nSPS) is 16.0. The smallest absolute Gasteiger partial charge is 0.134 e. The van der Waals surface area contributed by atoms with Crippen molar-refractivity contribution in [2.45, 2.75) is 32.4 Å². The Morgan fingerprint density at radius 3 is 2.83 bits per heavy atom. The molecule has 0 atom stereocenters. The van der Waals surface area contributed by atoms with Crippen LogP contribution in [0.5, 0.6) is 0 Å². The fraction of sp³-hybridized carbons (Fsp3) is 0.333. The zero-order chi connectivity index (χ0) is 16.7. The molecule has 2 aliphatic rings. The maximum atomic E-state index is 6.05. The van der Waals surface area contributed by atoms with Crippen molar-refractivity contribution in [1.82, 2.24) is 14.9 Å². The van der Waals surface area contributed by atoms with Gasteiger partial charge >= 0.3 is 0 Å². The summed E-state index contributed by atoms with van der Waals surface area (Å²) in [6.45, 7) is 2.83. The number of nitrogens with zero attached hydrogens (tertiary/aromatic N) is 3. The summed E-state index contributed by atoms with van der Waals surface area (Å²) in [5.41, 5.74) is 3.43. The molecule has 2 N–H and O–H groups in total. The Morgan fingerprint density at radius 2 is 2.08 bits per heavy atom. The zero-order valence-corrected chi connectivity index (χ0v) is 14.6. The summed E-state index contributed by atoms with van der Waals surface area (Å²) >= 11 is 6.05. The summed E-state index contributed by atoms with van der Waals surface area (Å²) in [5, 5.41) is 7.52. The van der Waals surface area contributed by atoms with Crippen molar-refractivity contribution in [1.29, 1.82) is 0 Å². The first-order valence-corrected chi connectivity index (χ1v) is 8.54. The maximum absolute atomic E-state index is 6.05. The number of rotatable bonds is 4. The number of anilines is 3. The highest BCUT2D eigenvalue weighted by Crippen LogP contribution is 2.32. The van der Waals surface area contributed by atoms with Gasteiger partial charge in [-0.2, -0.15) is 0 Å². The third-order valence-electron chi connectivity index (χ3n) is 4.30. The number of aromatic nitrogens is 2. The average Bonchev–Trinajstić information content (AvgIpc) is 3.36. The van der Waals surface area contributed by atoms with Gasteiger partial charge in [-0.05, 0) is 55.3 Å². The molecule has 6 heteroatoms. The molecular formula is C18H20ClN5. The zero-order valence-electron chi connectivity index (χ0n) is 13.8. The number of halogens is 1. The third kappa shape index (κ3) is 3.17. The lowest BCUT2D eigenvalue weighted by molar-refractivity contribution is 0.448. The van der Waals surface area contributed by atoms with Gasteiger partial charge in [-0.25, -0.2) is 9.97 Å². The van der Waals surface area contributed by atoms with Gasteiger partial charge in [-0.3, -0.25) is 0 Å². The summed E-state index contributed by atoms with van der Waals surface area (Å²) in [7, 11) is 2.08. The van der Waals surface area contributed by atoms with Crippen LogP contribution in [0.2, 0.25) is 5.02 Å². The van der Waals surface area contributed by atoms with E-state index in [9.17, 15) is 0 Å². The van der Waals surface area contributed by atoms with Crippen LogP contribution in [0.3, 0.4) is 0 Å². The lowest BCUT2D eigenvalue weighted by atomic mass is 10.1. The molecule has 24 heavy (non-hydrogen) atoms. The van der Waals surface area contributed by atoms with E-state index in [1.807, 2.05) is 13.0 Å². The van der Waals surface area contributed by atoms with E-state index in [4.69, 9.17) is 16.6 Å². The van der Waals surface area contributed by atoms with Gasteiger partial charge in [0.15, 0.2) is 0 Å². The third-order valence-corrected chi connectivity index (χ3v) is 4.69. The summed E-state index contributed by atoms with van der Waals surface area (Å²) in [6, 6.07) is 4.56. The SMILES string of the molecule is Cc1cc(Nc2cc3c(c(NC4CC4)n2)CN(C)C=C3)ncc1Cl. The summed E-state index contributed by atoms with van der Waals surface area (Å²) < 4.78 is 0. The summed E-state index contributed by atoms with van der Waals surface area (Å²) in [4.78, 5) is 11.3. The van der Waals surface area contributed by atoms with E-state index in [1.54, 1.807) is 6.20 Å². The number of pyridine rings is 2. The highest BCUT2D eigenvalue weighted by atomic mass is 35.5. The van der Waals surface area contributed by atoms with Crippen LogP contribution < -0.4 is 10.6 Å². The van der Waals surface area contributed by atoms with E-state index >= 15 is 0 Å². The number of fused-ring (bicyclic) bond motifs is 1. The Bertz CT molecular complexity index is 813. The first kappa shape index (κ1) is 15.3. The maximum Gasteiger partial charge on any atom is 0.134 e. The predicted molar refractivity (Wildman–Crippen MR) is 98.6 cm³/mol. The molecule has 0 spiro atoms. The van der Waals surface area contributed by atoms with Crippen molar-refractivity contribution in [3.63, 3.8) is 0 Å². The second kappa shape index (κ2) is 5.98. The molecule has 0 unspecified atom stereocenters. The lowest BCUT2D eigenvalue weighted by Crippen LogP contribution is -2.18. The fourth-order valence-electron chi connectivity index (χ4n) is 2.76. The van der Waals surface area contributed by atoms with Crippen molar-refractivity contribution in [3.05, 3.63) is 46.2 Å². The molecular weight excluding hydrogens is 322 g/mol. The Kier molecular flexibility index (Phi) is 3.81. The van der Waals surface area contributed by atoms with Crippen molar-refractivity contribution < 1.29 is 0 Å². The molecule has 1 fully saturated rings. The largest absolute Gasteiger partial charge is 0.376 e. The Morgan fingerprint density at radius 1 is 1.25 bits per heavy atom. The minimum absolute atomic E-state index is 0.559. The molecule has 0 aromatic carbocycles. The van der Waals surface area contributed by atoms with Crippen molar-refractivity contribution in [2.75, 3.05) is 17.7 Å². The number of aryl methyl sites for hydroxylation is 1. The molecule has 0 amide bonds. The van der Waals surface area contributed by atoms with Crippen LogP contribution in [0.25, 0.3) is 6.08 Å². The monoisotopic (exact) mass is 341 g/mol. The predicted octanol–water partition coefficient (Wildman–Crippen LogP) is 4.17. The first-order chi connectivity index (χ1) is 11.6. The van der Waals surface area contributed by atoms with Gasteiger partial charge in [0.2, 0.25) is 0 Å². The highest BCUT2D eigenvalue weighted by Gasteiger charge is 2.24. The molecule has 2 aromatic heterocycles. The van der Waals surface area contributed by atoms with Crippen LogP contribution in [0.1, 0.15) is 29.5 Å². The van der Waals surface area contributed by atoms with Crippen LogP contribution >= 0.6 is 11.6 Å². The van der Waals surface area contributed by atoms with Crippen molar-refractivity contribution in [3.8, 4) is 0 Å². The summed E-state index contributed by atoms with van der Waals surface area (Å²) in [6.07, 6.45) is 8.33. The summed E-state index contributed by atoms with van der Waals surface area (Å²) in [5.74, 6) is 2.51. The van der Waals surface area contributed by atoms with E-state index in [1.165, 1.54) is 24.0 Å². The van der Waals surface area contributed by atoms with Crippen molar-refractivity contribution >= 4 is 35.1 Å². The lowest BCUT2D eigenvalue weighted by Gasteiger charge is -2.24. The highest BCUT2D eigenvalue weighted by molar-refractivity contribution is 6.31. The minimum Gasteiger partial charge on any atom is -0.376 e. The van der Waals surface area contributed by atoms with Crippen LogP contribution in [-0.4, -0.2) is 28.0 Å². The second-order valence-corrected chi connectivity index (χ2v) is 6.92. The quantitative estimate of drug-likeness (QED) is 0.874. The van der Waals surface area contributed by atoms with E-state index < -0.39 is 0 Å². The van der Waals surface area contributed by atoms with Gasteiger partial charge in [-0.1, -0.05) is 11.6 Å². The van der Waals surface area contributed by atoms with Gasteiger partial charge in [0.1, 0.15) is 17.5 Å². The average molecular weight is 342 g/mol. The van der Waals surface area contributed by atoms with Gasteiger partial charge < -0.3 is 15.5 Å². The molecule has 3 heterocycles. The van der Waals surface area contributed by atoms with Gasteiger partial charge in [-0.15, -0.1) is 0 Å². The van der Waals surface area contributed by atoms with E-state index in [-0.39, 0.29) is 0 Å². The van der Waals surface area contributed by atoms with Crippen molar-refractivity contribution in [2.24, 2.45) is 0 Å². The van der Waals surface area contributed by atoms with Gasteiger partial charge in [0.25, 0.3) is 0 Å². The van der Waals surface area contributed by atoms with E-state index in [0.29, 0.717) is 11.1 Å². The fourth-order valence-corrected chi connectivity index (χ4v) is 2.86. The molecule has 4 rings (SSSR count). The molecule has 0 radical (unpaired) electrons. The van der Waals surface area contributed by atoms with Crippen LogP contribution in [0.15, 0.2) is 24.5 Å². The van der Waals surface area contributed by atoms with Gasteiger partial charge in [0.05, 0.1) is 5.02 Å². The molecule has 0 bridgehead atoms. The molecule has 124 valence electrons. The molecule has 5 nitrogen and oxygen atoms in total. The first-order valence-electron chi connectivity index (χ1n) is 8.16. The number of hydrogen-bond donors (Lipinski definition) is 2. The molecule has 1 saturated carbocycles. The Labute approximate surface area is 146 Å². The van der Waals surface area contributed by atoms with Crippen LogP contribution in [0, 0.1) is 6.92 Å². The van der Waals surface area contributed by atoms with E-state index in [2.05, 4.69) is 45.9 Å². The molecule has 1 aliphatic heterocycles. The Hall–Kier alpha value is -2.27. The minimum atomic E-state index is 0.559. The molecule has 2 aromatic rings. The Balaban J connectivity index is 1.68. The topological polar surface area (TPSA) is 53.1 Å². The molecule has 0 saturated heterocycles. The number of hydrogen-bond acceptors (Lipinski definition) is 5. The molecule has 1 aliphatic carbocycles. The van der Waals surface area contributed by atoms with Gasteiger partial charge in [0, 0.05) is 31.4 Å². The van der Waals surface area contributed by atoms with E-state index in [0.717, 1.165) is 29.6 Å².